The van der Waals surface area contributed by atoms with Crippen molar-refractivity contribution in [2.24, 2.45) is 0 Å². The van der Waals surface area contributed by atoms with Crippen LogP contribution in [0.4, 0.5) is 0 Å². The second kappa shape index (κ2) is 4.68. The molecule has 0 unspecified atom stereocenters. The fraction of sp³-hybridized carbons (Fsp3) is 0.316. The van der Waals surface area contributed by atoms with Crippen molar-refractivity contribution < 1.29 is 9.53 Å². The number of carbonyl (C=O) groups is 1. The predicted octanol–water partition coefficient (Wildman–Crippen LogP) is 3.92. The maximum atomic E-state index is 12.7. The van der Waals surface area contributed by atoms with Crippen molar-refractivity contribution in [2.75, 3.05) is 0 Å². The average Bonchev–Trinajstić information content (AvgIpc) is 3.16. The van der Waals surface area contributed by atoms with Crippen molar-refractivity contribution in [3.63, 3.8) is 0 Å². The Morgan fingerprint density at radius 3 is 2.74 bits per heavy atom. The van der Waals surface area contributed by atoms with E-state index in [-0.39, 0.29) is 18.1 Å². The topological polar surface area (TPSA) is 29.5 Å². The Labute approximate surface area is 143 Å². The van der Waals surface area contributed by atoms with Crippen molar-refractivity contribution in [1.82, 2.24) is 4.90 Å². The highest BCUT2D eigenvalue weighted by Gasteiger charge is 2.61. The smallest absolute Gasteiger partial charge is 0.225 e. The molecule has 3 aliphatic rings. The number of nitrogens with zero attached hydrogens (tertiary/aromatic N) is 1. The van der Waals surface area contributed by atoms with Crippen LogP contribution in [0, 0.1) is 0 Å². The summed E-state index contributed by atoms with van der Waals surface area (Å²) in [5.74, 6) is 0.206. The lowest BCUT2D eigenvalue weighted by Gasteiger charge is -2.34. The van der Waals surface area contributed by atoms with Crippen LogP contribution in [0.5, 0.6) is 0 Å². The summed E-state index contributed by atoms with van der Waals surface area (Å²) in [4.78, 5) is 14.7. The number of hydrogen-bond donors (Lipinski definition) is 0. The molecule has 1 aliphatic carbocycles. The van der Waals surface area contributed by atoms with Crippen LogP contribution in [-0.2, 0) is 21.7 Å². The standard InChI is InChI=1S/C19H16BrNO2/c20-14-7-5-13(6-8-14)19-10-9-17(22)21(19)18-15-4-2-1-3-12(15)11-16(18)23-19/h1-8,16,18H,9-11H2/t16-,18-,19+/m0/s1. The zero-order chi connectivity index (χ0) is 15.6. The lowest BCUT2D eigenvalue weighted by molar-refractivity contribution is -0.141. The molecule has 0 spiro atoms. The Hall–Kier alpha value is -1.65. The Kier molecular flexibility index (Phi) is 2.80. The molecule has 2 aromatic rings. The third kappa shape index (κ3) is 1.76. The van der Waals surface area contributed by atoms with Crippen LogP contribution in [0.25, 0.3) is 0 Å². The van der Waals surface area contributed by atoms with Gasteiger partial charge in [-0.1, -0.05) is 52.3 Å². The highest BCUT2D eigenvalue weighted by Crippen LogP contribution is 2.57. The molecule has 3 atom stereocenters. The van der Waals surface area contributed by atoms with Crippen molar-refractivity contribution >= 4 is 21.8 Å². The molecule has 1 amide bonds. The number of halogens is 1. The van der Waals surface area contributed by atoms with Crippen molar-refractivity contribution in [1.29, 1.82) is 0 Å². The van der Waals surface area contributed by atoms with Gasteiger partial charge in [0.1, 0.15) is 0 Å². The summed E-state index contributed by atoms with van der Waals surface area (Å²) in [5, 5.41) is 0. The predicted molar refractivity (Wildman–Crippen MR) is 89.7 cm³/mol. The normalized spacial score (nSPS) is 31.2. The van der Waals surface area contributed by atoms with Crippen molar-refractivity contribution in [3.8, 4) is 0 Å². The fourth-order valence-corrected chi connectivity index (χ4v) is 4.74. The molecule has 0 saturated carbocycles. The first-order valence-electron chi connectivity index (χ1n) is 8.03. The Bertz CT molecular complexity index is 803. The lowest BCUT2D eigenvalue weighted by atomic mass is 9.99. The third-order valence-corrected chi connectivity index (χ3v) is 5.93. The van der Waals surface area contributed by atoms with Crippen molar-refractivity contribution in [3.05, 3.63) is 69.7 Å². The molecule has 2 saturated heterocycles. The van der Waals surface area contributed by atoms with Gasteiger partial charge in [-0.15, -0.1) is 0 Å². The van der Waals surface area contributed by atoms with E-state index in [9.17, 15) is 4.79 Å². The molecule has 2 heterocycles. The molecule has 0 radical (unpaired) electrons. The van der Waals surface area contributed by atoms with Gasteiger partial charge in [-0.05, 0) is 23.3 Å². The second-order valence-corrected chi connectivity index (χ2v) is 7.47. The Morgan fingerprint density at radius 2 is 1.91 bits per heavy atom. The quantitative estimate of drug-likeness (QED) is 0.762. The molecule has 0 N–H and O–H groups in total. The first kappa shape index (κ1) is 13.8. The zero-order valence-corrected chi connectivity index (χ0v) is 14.1. The minimum Gasteiger partial charge on any atom is -0.345 e. The summed E-state index contributed by atoms with van der Waals surface area (Å²) in [7, 11) is 0. The summed E-state index contributed by atoms with van der Waals surface area (Å²) in [6, 6.07) is 16.7. The van der Waals surface area contributed by atoms with Crippen LogP contribution in [-0.4, -0.2) is 16.9 Å². The fourth-order valence-electron chi connectivity index (χ4n) is 4.48. The molecule has 2 aromatic carbocycles. The molecule has 3 nitrogen and oxygen atoms in total. The Balaban J connectivity index is 1.65. The van der Waals surface area contributed by atoms with Crippen LogP contribution in [0.15, 0.2) is 53.0 Å². The van der Waals surface area contributed by atoms with E-state index in [0.29, 0.717) is 6.42 Å². The van der Waals surface area contributed by atoms with Crippen LogP contribution < -0.4 is 0 Å². The van der Waals surface area contributed by atoms with Gasteiger partial charge in [-0.2, -0.15) is 0 Å². The summed E-state index contributed by atoms with van der Waals surface area (Å²) >= 11 is 3.48. The molecule has 5 rings (SSSR count). The Morgan fingerprint density at radius 1 is 1.13 bits per heavy atom. The number of hydrogen-bond acceptors (Lipinski definition) is 2. The van der Waals surface area contributed by atoms with Gasteiger partial charge in [0, 0.05) is 29.3 Å². The number of rotatable bonds is 1. The van der Waals surface area contributed by atoms with E-state index in [0.717, 1.165) is 22.9 Å². The third-order valence-electron chi connectivity index (χ3n) is 5.40. The van der Waals surface area contributed by atoms with Crippen LogP contribution >= 0.6 is 15.9 Å². The molecule has 23 heavy (non-hydrogen) atoms. The number of amides is 1. The monoisotopic (exact) mass is 369 g/mol. The molecule has 0 aromatic heterocycles. The summed E-state index contributed by atoms with van der Waals surface area (Å²) < 4.78 is 7.60. The summed E-state index contributed by atoms with van der Waals surface area (Å²) in [5.41, 5.74) is 3.07. The van der Waals surface area contributed by atoms with Crippen LogP contribution in [0.1, 0.15) is 35.6 Å². The van der Waals surface area contributed by atoms with Gasteiger partial charge in [0.25, 0.3) is 0 Å². The highest BCUT2D eigenvalue weighted by atomic mass is 79.9. The van der Waals surface area contributed by atoms with E-state index in [2.05, 4.69) is 52.3 Å². The number of carbonyl (C=O) groups excluding carboxylic acids is 1. The van der Waals surface area contributed by atoms with Gasteiger partial charge in [0.2, 0.25) is 5.91 Å². The largest absolute Gasteiger partial charge is 0.345 e. The highest BCUT2D eigenvalue weighted by molar-refractivity contribution is 9.10. The van der Waals surface area contributed by atoms with E-state index < -0.39 is 5.72 Å². The maximum Gasteiger partial charge on any atom is 0.225 e. The molecule has 116 valence electrons. The van der Waals surface area contributed by atoms with E-state index in [1.54, 1.807) is 0 Å². The van der Waals surface area contributed by atoms with Gasteiger partial charge < -0.3 is 9.64 Å². The van der Waals surface area contributed by atoms with Gasteiger partial charge in [-0.3, -0.25) is 4.79 Å². The molecular formula is C19H16BrNO2. The second-order valence-electron chi connectivity index (χ2n) is 6.56. The van der Waals surface area contributed by atoms with Crippen LogP contribution in [0.3, 0.4) is 0 Å². The van der Waals surface area contributed by atoms with Gasteiger partial charge in [0.05, 0.1) is 12.1 Å². The molecule has 2 aliphatic heterocycles. The van der Waals surface area contributed by atoms with E-state index in [4.69, 9.17) is 4.74 Å². The van der Waals surface area contributed by atoms with E-state index in [1.807, 2.05) is 17.0 Å². The minimum atomic E-state index is -0.583. The summed E-state index contributed by atoms with van der Waals surface area (Å²) in [6.45, 7) is 0. The van der Waals surface area contributed by atoms with Gasteiger partial charge in [0.15, 0.2) is 5.72 Å². The zero-order valence-electron chi connectivity index (χ0n) is 12.5. The van der Waals surface area contributed by atoms with Crippen molar-refractivity contribution in [2.45, 2.75) is 37.1 Å². The van der Waals surface area contributed by atoms with Gasteiger partial charge in [-0.25, -0.2) is 0 Å². The van der Waals surface area contributed by atoms with E-state index >= 15 is 0 Å². The van der Waals surface area contributed by atoms with Crippen LogP contribution in [0.2, 0.25) is 0 Å². The summed E-state index contributed by atoms with van der Waals surface area (Å²) in [6.07, 6.45) is 2.26. The molecule has 4 heteroatoms. The lowest BCUT2D eigenvalue weighted by Crippen LogP contribution is -2.40. The van der Waals surface area contributed by atoms with Gasteiger partial charge >= 0.3 is 0 Å². The number of fused-ring (bicyclic) bond motifs is 5. The SMILES string of the molecule is O=C1CC[C@]2(c3ccc(Br)cc3)O[C@H]3Cc4ccccc4[C@@H]3N12. The molecule has 2 fully saturated rings. The number of ether oxygens (including phenoxy) is 1. The van der Waals surface area contributed by atoms with E-state index in [1.165, 1.54) is 11.1 Å². The average molecular weight is 370 g/mol. The molecule has 0 bridgehead atoms. The molecular weight excluding hydrogens is 354 g/mol. The maximum absolute atomic E-state index is 12.7. The number of benzene rings is 2. The minimum absolute atomic E-state index is 0.0600. The first-order chi connectivity index (χ1) is 11.2. The first-order valence-corrected chi connectivity index (χ1v) is 8.82.